The highest BCUT2D eigenvalue weighted by Crippen LogP contribution is 1.77. The van der Waals surface area contributed by atoms with E-state index in [1.807, 2.05) is 0 Å². The van der Waals surface area contributed by atoms with Crippen LogP contribution in [0.5, 0.6) is 0 Å². The van der Waals surface area contributed by atoms with Crippen molar-refractivity contribution in [2.45, 2.75) is 13.3 Å². The summed E-state index contributed by atoms with van der Waals surface area (Å²) < 4.78 is 4.67. The summed E-state index contributed by atoms with van der Waals surface area (Å²) >= 11 is 0. The summed E-state index contributed by atoms with van der Waals surface area (Å²) in [4.78, 5) is 21.0. The second-order valence-electron chi connectivity index (χ2n) is 2.51. The van der Waals surface area contributed by atoms with Crippen LogP contribution in [-0.2, 0) is 14.3 Å². The van der Waals surface area contributed by atoms with Crippen LogP contribution in [0.2, 0.25) is 0 Å². The summed E-state index contributed by atoms with van der Waals surface area (Å²) in [5.74, 6) is -0.284. The van der Waals surface area contributed by atoms with Gasteiger partial charge in [-0.15, -0.1) is 0 Å². The quantitative estimate of drug-likeness (QED) is 0.426. The molecule has 0 bridgehead atoms. The Labute approximate surface area is 77.8 Å². The average molecular weight is 188 g/mol. The first-order chi connectivity index (χ1) is 6.16. The number of hydrogen-bond donors (Lipinski definition) is 2. The van der Waals surface area contributed by atoms with Crippen molar-refractivity contribution in [2.75, 3.05) is 26.7 Å². The van der Waals surface area contributed by atoms with Gasteiger partial charge >= 0.3 is 5.97 Å². The van der Waals surface area contributed by atoms with Gasteiger partial charge in [-0.25, -0.2) is 0 Å². The molecule has 0 atom stereocenters. The highest BCUT2D eigenvalue weighted by Gasteiger charge is 1.96. The second-order valence-corrected chi connectivity index (χ2v) is 2.51. The Morgan fingerprint density at radius 2 is 2.00 bits per heavy atom. The van der Waals surface area contributed by atoms with Crippen LogP contribution < -0.4 is 10.6 Å². The highest BCUT2D eigenvalue weighted by molar-refractivity contribution is 5.75. The Hall–Kier alpha value is -1.10. The molecule has 5 heteroatoms. The first kappa shape index (κ1) is 11.9. The third-order valence-corrected chi connectivity index (χ3v) is 1.39. The summed E-state index contributed by atoms with van der Waals surface area (Å²) in [5.41, 5.74) is 0. The highest BCUT2D eigenvalue weighted by atomic mass is 16.5. The molecule has 0 rings (SSSR count). The lowest BCUT2D eigenvalue weighted by Gasteiger charge is -2.03. The number of esters is 1. The molecule has 0 saturated carbocycles. The fraction of sp³-hybridized carbons (Fsp3) is 0.750. The van der Waals surface area contributed by atoms with E-state index in [0.717, 1.165) is 0 Å². The lowest BCUT2D eigenvalue weighted by Crippen LogP contribution is -2.27. The molecular weight excluding hydrogens is 172 g/mol. The molecule has 0 unspecified atom stereocenters. The molecule has 0 aromatic rings. The molecule has 0 aromatic carbocycles. The van der Waals surface area contributed by atoms with Gasteiger partial charge in [-0.1, -0.05) is 0 Å². The van der Waals surface area contributed by atoms with Gasteiger partial charge in [-0.3, -0.25) is 9.59 Å². The van der Waals surface area contributed by atoms with Gasteiger partial charge in [-0.05, 0) is 0 Å². The molecule has 0 aliphatic heterocycles. The smallest absolute Gasteiger partial charge is 0.302 e. The van der Waals surface area contributed by atoms with Crippen LogP contribution in [0.3, 0.4) is 0 Å². The normalized spacial score (nSPS) is 9.38. The molecule has 0 aliphatic carbocycles. The standard InChI is InChI=1S/C8H16N2O3/c1-7(11)13-6-5-10-4-3-8(12)9-2/h10H,3-6H2,1-2H3,(H,9,12). The van der Waals surface area contributed by atoms with E-state index in [2.05, 4.69) is 15.4 Å². The van der Waals surface area contributed by atoms with E-state index in [4.69, 9.17) is 0 Å². The van der Waals surface area contributed by atoms with Crippen LogP contribution in [0, 0.1) is 0 Å². The number of carbonyl (C=O) groups excluding carboxylic acids is 2. The van der Waals surface area contributed by atoms with Crippen LogP contribution in [0.1, 0.15) is 13.3 Å². The van der Waals surface area contributed by atoms with Crippen LogP contribution in [0.4, 0.5) is 0 Å². The Morgan fingerprint density at radius 3 is 2.54 bits per heavy atom. The molecule has 13 heavy (non-hydrogen) atoms. The Balaban J connectivity index is 3.08. The van der Waals surface area contributed by atoms with Crippen LogP contribution >= 0.6 is 0 Å². The SMILES string of the molecule is CNC(=O)CCNCCOC(C)=O. The predicted molar refractivity (Wildman–Crippen MR) is 48.2 cm³/mol. The van der Waals surface area contributed by atoms with Gasteiger partial charge in [0.05, 0.1) is 0 Å². The lowest BCUT2D eigenvalue weighted by molar-refractivity contribution is -0.140. The first-order valence-corrected chi connectivity index (χ1v) is 4.21. The third-order valence-electron chi connectivity index (χ3n) is 1.39. The van der Waals surface area contributed by atoms with Crippen molar-refractivity contribution < 1.29 is 14.3 Å². The fourth-order valence-electron chi connectivity index (χ4n) is 0.719. The summed E-state index contributed by atoms with van der Waals surface area (Å²) in [6.45, 7) is 2.89. The predicted octanol–water partition coefficient (Wildman–Crippen LogP) is -0.725. The Morgan fingerprint density at radius 1 is 1.31 bits per heavy atom. The van der Waals surface area contributed by atoms with Gasteiger partial charge in [0.25, 0.3) is 0 Å². The zero-order chi connectivity index (χ0) is 10.1. The number of carbonyl (C=O) groups is 2. The van der Waals surface area contributed by atoms with Crippen molar-refractivity contribution in [3.8, 4) is 0 Å². The van der Waals surface area contributed by atoms with E-state index < -0.39 is 0 Å². The van der Waals surface area contributed by atoms with Gasteiger partial charge < -0.3 is 15.4 Å². The largest absolute Gasteiger partial charge is 0.465 e. The summed E-state index contributed by atoms with van der Waals surface area (Å²) in [7, 11) is 1.60. The molecular formula is C8H16N2O3. The zero-order valence-electron chi connectivity index (χ0n) is 8.05. The van der Waals surface area contributed by atoms with E-state index >= 15 is 0 Å². The Bertz CT molecular complexity index is 171. The van der Waals surface area contributed by atoms with E-state index in [0.29, 0.717) is 26.1 Å². The van der Waals surface area contributed by atoms with E-state index in [9.17, 15) is 9.59 Å². The van der Waals surface area contributed by atoms with Gasteiger partial charge in [0, 0.05) is 33.5 Å². The summed E-state index contributed by atoms with van der Waals surface area (Å²) in [5, 5.41) is 5.48. The molecule has 1 amide bonds. The van der Waals surface area contributed by atoms with Crippen LogP contribution in [-0.4, -0.2) is 38.6 Å². The monoisotopic (exact) mass is 188 g/mol. The zero-order valence-corrected chi connectivity index (χ0v) is 8.05. The lowest BCUT2D eigenvalue weighted by atomic mass is 10.4. The molecule has 0 heterocycles. The molecule has 2 N–H and O–H groups in total. The fourth-order valence-corrected chi connectivity index (χ4v) is 0.719. The maximum absolute atomic E-state index is 10.7. The topological polar surface area (TPSA) is 67.4 Å². The van der Waals surface area contributed by atoms with Crippen LogP contribution in [0.15, 0.2) is 0 Å². The van der Waals surface area contributed by atoms with Crippen molar-refractivity contribution in [3.05, 3.63) is 0 Å². The maximum Gasteiger partial charge on any atom is 0.302 e. The summed E-state index contributed by atoms with van der Waals surface area (Å²) in [6.07, 6.45) is 0.441. The number of amides is 1. The minimum Gasteiger partial charge on any atom is -0.465 e. The van der Waals surface area contributed by atoms with Gasteiger partial charge in [-0.2, -0.15) is 0 Å². The van der Waals surface area contributed by atoms with Crippen molar-refractivity contribution in [1.82, 2.24) is 10.6 Å². The van der Waals surface area contributed by atoms with E-state index in [-0.39, 0.29) is 11.9 Å². The molecule has 0 spiro atoms. The minimum absolute atomic E-state index is 0.0000127. The molecule has 0 saturated heterocycles. The maximum atomic E-state index is 10.7. The van der Waals surface area contributed by atoms with Crippen molar-refractivity contribution >= 4 is 11.9 Å². The van der Waals surface area contributed by atoms with Gasteiger partial charge in [0.1, 0.15) is 6.61 Å². The molecule has 0 radical (unpaired) electrons. The molecule has 0 fully saturated rings. The number of hydrogen-bond acceptors (Lipinski definition) is 4. The number of nitrogens with one attached hydrogen (secondary N) is 2. The summed E-state index contributed by atoms with van der Waals surface area (Å²) in [6, 6.07) is 0. The average Bonchev–Trinajstić information content (AvgIpc) is 2.10. The van der Waals surface area contributed by atoms with Crippen molar-refractivity contribution in [1.29, 1.82) is 0 Å². The molecule has 0 aromatic heterocycles. The second kappa shape index (κ2) is 7.54. The number of ether oxygens (including phenoxy) is 1. The first-order valence-electron chi connectivity index (χ1n) is 4.21. The van der Waals surface area contributed by atoms with Gasteiger partial charge in [0.2, 0.25) is 5.91 Å². The minimum atomic E-state index is -0.284. The molecule has 0 aliphatic rings. The Kier molecular flexibility index (Phi) is 6.91. The van der Waals surface area contributed by atoms with E-state index in [1.54, 1.807) is 7.05 Å². The van der Waals surface area contributed by atoms with Crippen molar-refractivity contribution in [2.24, 2.45) is 0 Å². The molecule has 76 valence electrons. The van der Waals surface area contributed by atoms with Crippen LogP contribution in [0.25, 0.3) is 0 Å². The van der Waals surface area contributed by atoms with Crippen molar-refractivity contribution in [3.63, 3.8) is 0 Å². The molecule has 5 nitrogen and oxygen atoms in total. The van der Waals surface area contributed by atoms with Gasteiger partial charge in [0.15, 0.2) is 0 Å². The van der Waals surface area contributed by atoms with E-state index in [1.165, 1.54) is 6.92 Å². The third kappa shape index (κ3) is 8.81. The number of rotatable bonds is 6.